The summed E-state index contributed by atoms with van der Waals surface area (Å²) < 4.78 is 2.47. The van der Waals surface area contributed by atoms with E-state index in [0.717, 1.165) is 45.4 Å². The van der Waals surface area contributed by atoms with Crippen LogP contribution in [0.4, 0.5) is 17.1 Å². The Morgan fingerprint density at radius 2 is 1.12 bits per heavy atom. The average Bonchev–Trinajstić information content (AvgIpc) is 3.68. The summed E-state index contributed by atoms with van der Waals surface area (Å²) in [6.07, 6.45) is -0.257. The minimum absolute atomic E-state index is 0.257. The van der Waals surface area contributed by atoms with Crippen molar-refractivity contribution in [2.24, 2.45) is 9.98 Å². The van der Waals surface area contributed by atoms with Gasteiger partial charge in [0.2, 0.25) is 0 Å². The number of benzene rings is 9. The highest BCUT2D eigenvalue weighted by molar-refractivity contribution is 7.26. The lowest BCUT2D eigenvalue weighted by Gasteiger charge is -2.33. The monoisotopic (exact) mass is 774 g/mol. The number of nitrogens with zero attached hydrogens (tertiary/aromatic N) is 4. The Bertz CT molecular complexity index is 3250. The molecular weight excluding hydrogens is 737 g/mol. The number of para-hydroxylation sites is 1. The van der Waals surface area contributed by atoms with Gasteiger partial charge in [0.1, 0.15) is 5.84 Å². The van der Waals surface area contributed by atoms with Crippen molar-refractivity contribution in [2.45, 2.75) is 6.17 Å². The van der Waals surface area contributed by atoms with Crippen molar-refractivity contribution < 1.29 is 0 Å². The van der Waals surface area contributed by atoms with Gasteiger partial charge in [0.15, 0.2) is 12.0 Å². The molecule has 0 bridgehead atoms. The first kappa shape index (κ1) is 34.9. The first-order valence-corrected chi connectivity index (χ1v) is 20.8. The molecule has 1 atom stereocenters. The molecule has 9 aromatic carbocycles. The topological polar surface area (TPSA) is 31.2 Å². The van der Waals surface area contributed by atoms with Gasteiger partial charge >= 0.3 is 0 Å². The Labute approximate surface area is 347 Å². The summed E-state index contributed by atoms with van der Waals surface area (Å²) in [4.78, 5) is 15.3. The van der Waals surface area contributed by atoms with Gasteiger partial charge in [0.05, 0.1) is 5.69 Å². The summed E-state index contributed by atoms with van der Waals surface area (Å²) in [5, 5.41) is 7.27. The molecule has 0 spiro atoms. The van der Waals surface area contributed by atoms with Gasteiger partial charge in [0.25, 0.3) is 0 Å². The number of fused-ring (bicyclic) bond motifs is 5. The fourth-order valence-electron chi connectivity index (χ4n) is 8.68. The van der Waals surface area contributed by atoms with Gasteiger partial charge in [0, 0.05) is 60.7 Å². The van der Waals surface area contributed by atoms with E-state index in [0.29, 0.717) is 0 Å². The molecule has 5 heteroatoms. The van der Waals surface area contributed by atoms with Gasteiger partial charge in [-0.1, -0.05) is 164 Å². The lowest BCUT2D eigenvalue weighted by atomic mass is 9.98. The molecule has 0 saturated heterocycles. The smallest absolute Gasteiger partial charge is 0.159 e. The Balaban J connectivity index is 1.02. The van der Waals surface area contributed by atoms with E-state index < -0.39 is 0 Å². The summed E-state index contributed by atoms with van der Waals surface area (Å²) >= 11 is 1.84. The number of hydrogen-bond donors (Lipinski definition) is 0. The fourth-order valence-corrected chi connectivity index (χ4v) is 9.85. The Hall–Kier alpha value is -7.34. The molecule has 0 amide bonds. The van der Waals surface area contributed by atoms with Crippen molar-refractivity contribution in [1.82, 2.24) is 4.90 Å². The lowest BCUT2D eigenvalue weighted by Crippen LogP contribution is -2.35. The van der Waals surface area contributed by atoms with Crippen molar-refractivity contribution >= 4 is 81.8 Å². The van der Waals surface area contributed by atoms with Crippen molar-refractivity contribution in [1.29, 1.82) is 0 Å². The van der Waals surface area contributed by atoms with Crippen LogP contribution in [0, 0.1) is 0 Å². The molecule has 1 aromatic heterocycles. The third kappa shape index (κ3) is 6.15. The number of hydrogen-bond acceptors (Lipinski definition) is 5. The zero-order chi connectivity index (χ0) is 39.3. The third-order valence-corrected chi connectivity index (χ3v) is 12.6. The van der Waals surface area contributed by atoms with Crippen LogP contribution in [0.1, 0.15) is 22.9 Å². The predicted molar refractivity (Wildman–Crippen MR) is 251 cm³/mol. The highest BCUT2D eigenvalue weighted by Crippen LogP contribution is 2.43. The average molecular weight is 775 g/mol. The SMILES string of the molecule is CN1C(c2cccc3sc4cc(-c5cccc(N(c6ccccc6)c6cccc7ccccc67)c5)ccc4c23)=NC(c2ccccc2)=NC1c1cccc2ccccc12. The zero-order valence-electron chi connectivity index (χ0n) is 32.4. The van der Waals surface area contributed by atoms with Gasteiger partial charge in [-0.15, -0.1) is 11.3 Å². The molecule has 1 unspecified atom stereocenters. The summed E-state index contributed by atoms with van der Waals surface area (Å²) in [5.74, 6) is 1.65. The molecule has 11 rings (SSSR count). The maximum Gasteiger partial charge on any atom is 0.159 e. The second-order valence-corrected chi connectivity index (χ2v) is 16.1. The first-order chi connectivity index (χ1) is 29.2. The van der Waals surface area contributed by atoms with E-state index in [1.54, 1.807) is 0 Å². The number of amidine groups is 2. The molecule has 0 radical (unpaired) electrons. The molecule has 280 valence electrons. The van der Waals surface area contributed by atoms with E-state index in [1.165, 1.54) is 52.8 Å². The largest absolute Gasteiger partial charge is 0.333 e. The maximum atomic E-state index is 5.35. The molecule has 0 N–H and O–H groups in total. The van der Waals surface area contributed by atoms with Crippen LogP contribution in [0.5, 0.6) is 0 Å². The summed E-state index contributed by atoms with van der Waals surface area (Å²) in [5.41, 5.74) is 8.99. The Kier molecular flexibility index (Phi) is 8.60. The highest BCUT2D eigenvalue weighted by atomic mass is 32.1. The fraction of sp³-hybridized carbons (Fsp3) is 0.0370. The van der Waals surface area contributed by atoms with Gasteiger partial charge < -0.3 is 9.80 Å². The molecule has 10 aromatic rings. The molecule has 1 aliphatic heterocycles. The van der Waals surface area contributed by atoms with Crippen LogP contribution in [0.25, 0.3) is 52.8 Å². The number of thiophene rings is 1. The van der Waals surface area contributed by atoms with Crippen LogP contribution in [-0.4, -0.2) is 23.6 Å². The molecule has 0 saturated carbocycles. The van der Waals surface area contributed by atoms with Crippen LogP contribution in [-0.2, 0) is 0 Å². The Morgan fingerprint density at radius 3 is 1.95 bits per heavy atom. The van der Waals surface area contributed by atoms with E-state index >= 15 is 0 Å². The van der Waals surface area contributed by atoms with E-state index in [2.05, 4.69) is 217 Å². The summed E-state index contributed by atoms with van der Waals surface area (Å²) in [6.45, 7) is 0. The molecule has 0 aliphatic carbocycles. The standard InChI is InChI=1S/C54H38N4S/c1-57-53(45-28-13-20-36-16-8-10-26-43(36)45)55-52(38-18-4-2-5-19-38)56-54(57)47-29-15-31-49-51(47)46-33-32-40(35-50(46)59-49)39-22-12-25-42(34-39)58(41-23-6-3-7-24-41)48-30-14-21-37-17-9-11-27-44(37)48/h2-35,53H,1H3. The highest BCUT2D eigenvalue weighted by Gasteiger charge is 2.29. The number of rotatable bonds is 7. The molecular formula is C54H38N4S. The van der Waals surface area contributed by atoms with Crippen molar-refractivity contribution in [3.8, 4) is 11.1 Å². The van der Waals surface area contributed by atoms with E-state index in [4.69, 9.17) is 9.98 Å². The third-order valence-electron chi connectivity index (χ3n) is 11.5. The van der Waals surface area contributed by atoms with Gasteiger partial charge in [-0.2, -0.15) is 0 Å². The lowest BCUT2D eigenvalue weighted by molar-refractivity contribution is 0.385. The first-order valence-electron chi connectivity index (χ1n) is 20.0. The van der Waals surface area contributed by atoms with Gasteiger partial charge in [-0.05, 0) is 69.8 Å². The van der Waals surface area contributed by atoms with Crippen LogP contribution < -0.4 is 4.90 Å². The number of aliphatic imine (C=N–C) groups is 2. The Morgan fingerprint density at radius 1 is 0.492 bits per heavy atom. The molecule has 2 heterocycles. The van der Waals surface area contributed by atoms with Gasteiger partial charge in [-0.3, -0.25) is 0 Å². The van der Waals surface area contributed by atoms with Crippen LogP contribution in [0.2, 0.25) is 0 Å². The minimum Gasteiger partial charge on any atom is -0.333 e. The maximum absolute atomic E-state index is 5.35. The van der Waals surface area contributed by atoms with Crippen LogP contribution in [0.3, 0.4) is 0 Å². The summed E-state index contributed by atoms with van der Waals surface area (Å²) in [7, 11) is 2.13. The molecule has 0 fully saturated rings. The molecule has 1 aliphatic rings. The molecule has 59 heavy (non-hydrogen) atoms. The second-order valence-electron chi connectivity index (χ2n) is 15.0. The van der Waals surface area contributed by atoms with Crippen molar-refractivity contribution in [3.63, 3.8) is 0 Å². The van der Waals surface area contributed by atoms with Gasteiger partial charge in [-0.25, -0.2) is 9.98 Å². The second kappa shape index (κ2) is 14.6. The van der Waals surface area contributed by atoms with Crippen LogP contribution >= 0.6 is 11.3 Å². The zero-order valence-corrected chi connectivity index (χ0v) is 33.2. The van der Waals surface area contributed by atoms with E-state index in [9.17, 15) is 0 Å². The quantitative estimate of drug-likeness (QED) is 0.161. The minimum atomic E-state index is -0.257. The summed E-state index contributed by atoms with van der Waals surface area (Å²) in [6, 6.07) is 73.8. The van der Waals surface area contributed by atoms with Crippen molar-refractivity contribution in [3.05, 3.63) is 223 Å². The predicted octanol–water partition coefficient (Wildman–Crippen LogP) is 14.3. The van der Waals surface area contributed by atoms with E-state index in [-0.39, 0.29) is 6.17 Å². The number of anilines is 3. The van der Waals surface area contributed by atoms with E-state index in [1.807, 2.05) is 17.4 Å². The normalized spacial score (nSPS) is 14.2. The van der Waals surface area contributed by atoms with Crippen molar-refractivity contribution in [2.75, 3.05) is 11.9 Å². The van der Waals surface area contributed by atoms with Crippen LogP contribution in [0.15, 0.2) is 216 Å². The molecule has 4 nitrogen and oxygen atoms in total.